The number of aromatic nitrogens is 2. The minimum atomic E-state index is 0.0768. The minimum absolute atomic E-state index is 0.0768. The molecule has 1 aromatic heterocycles. The van der Waals surface area contributed by atoms with Crippen molar-refractivity contribution in [3.05, 3.63) is 11.8 Å². The molecule has 0 radical (unpaired) electrons. The monoisotopic (exact) mass is 334 g/mol. The van der Waals surface area contributed by atoms with E-state index in [1.807, 2.05) is 0 Å². The molecular formula is C18H30N4O2. The number of aliphatic hydroxyl groups is 1. The SMILES string of the molecule is CN(CC1CCCCC1)c1cc([C@H]2CCOC2)nc(NCCO)n1. The zero-order valence-electron chi connectivity index (χ0n) is 14.7. The van der Waals surface area contributed by atoms with Gasteiger partial charge in [-0.3, -0.25) is 0 Å². The maximum Gasteiger partial charge on any atom is 0.224 e. The van der Waals surface area contributed by atoms with E-state index in [1.54, 1.807) is 0 Å². The number of nitrogens with zero attached hydrogens (tertiary/aromatic N) is 3. The van der Waals surface area contributed by atoms with Crippen LogP contribution in [0.15, 0.2) is 6.07 Å². The fraction of sp³-hybridized carbons (Fsp3) is 0.778. The van der Waals surface area contributed by atoms with Crippen molar-refractivity contribution >= 4 is 11.8 Å². The number of ether oxygens (including phenoxy) is 1. The molecule has 2 N–H and O–H groups in total. The van der Waals surface area contributed by atoms with E-state index in [2.05, 4.69) is 33.3 Å². The van der Waals surface area contributed by atoms with Crippen molar-refractivity contribution in [2.24, 2.45) is 5.92 Å². The second-order valence-corrected chi connectivity index (χ2v) is 7.07. The van der Waals surface area contributed by atoms with Crippen LogP contribution in [0.2, 0.25) is 0 Å². The van der Waals surface area contributed by atoms with Crippen molar-refractivity contribution in [3.8, 4) is 0 Å². The van der Waals surface area contributed by atoms with Gasteiger partial charge >= 0.3 is 0 Å². The lowest BCUT2D eigenvalue weighted by atomic mass is 9.89. The molecule has 6 heteroatoms. The summed E-state index contributed by atoms with van der Waals surface area (Å²) in [5.41, 5.74) is 1.05. The molecule has 1 aromatic rings. The summed E-state index contributed by atoms with van der Waals surface area (Å²) in [4.78, 5) is 11.6. The van der Waals surface area contributed by atoms with E-state index in [-0.39, 0.29) is 6.61 Å². The van der Waals surface area contributed by atoms with Crippen LogP contribution in [0.3, 0.4) is 0 Å². The van der Waals surface area contributed by atoms with Crippen molar-refractivity contribution in [2.45, 2.75) is 44.4 Å². The molecule has 3 rings (SSSR count). The zero-order chi connectivity index (χ0) is 16.8. The van der Waals surface area contributed by atoms with Gasteiger partial charge in [-0.15, -0.1) is 0 Å². The lowest BCUT2D eigenvalue weighted by Gasteiger charge is -2.28. The summed E-state index contributed by atoms with van der Waals surface area (Å²) in [7, 11) is 2.13. The van der Waals surface area contributed by atoms with Crippen LogP contribution < -0.4 is 10.2 Å². The van der Waals surface area contributed by atoms with Crippen LogP contribution in [0.25, 0.3) is 0 Å². The molecule has 134 valence electrons. The van der Waals surface area contributed by atoms with Gasteiger partial charge in [0.05, 0.1) is 18.9 Å². The maximum atomic E-state index is 9.05. The molecular weight excluding hydrogens is 304 g/mol. The van der Waals surface area contributed by atoms with E-state index >= 15 is 0 Å². The smallest absolute Gasteiger partial charge is 0.224 e. The quantitative estimate of drug-likeness (QED) is 0.798. The number of aliphatic hydroxyl groups excluding tert-OH is 1. The van der Waals surface area contributed by atoms with Crippen molar-refractivity contribution < 1.29 is 9.84 Å². The van der Waals surface area contributed by atoms with Crippen LogP contribution in [-0.4, -0.2) is 55.0 Å². The van der Waals surface area contributed by atoms with Gasteiger partial charge in [0.15, 0.2) is 0 Å². The molecule has 1 saturated carbocycles. The Kier molecular flexibility index (Phi) is 6.26. The summed E-state index contributed by atoms with van der Waals surface area (Å²) in [6, 6.07) is 2.12. The van der Waals surface area contributed by atoms with Crippen LogP contribution in [0.4, 0.5) is 11.8 Å². The summed E-state index contributed by atoms with van der Waals surface area (Å²) in [5.74, 6) is 2.70. The fourth-order valence-electron chi connectivity index (χ4n) is 3.72. The van der Waals surface area contributed by atoms with Crippen molar-refractivity contribution in [1.29, 1.82) is 0 Å². The van der Waals surface area contributed by atoms with E-state index in [9.17, 15) is 0 Å². The van der Waals surface area contributed by atoms with Crippen molar-refractivity contribution in [2.75, 3.05) is 50.2 Å². The van der Waals surface area contributed by atoms with E-state index in [0.717, 1.165) is 43.6 Å². The van der Waals surface area contributed by atoms with Gasteiger partial charge in [-0.05, 0) is 25.2 Å². The molecule has 0 unspecified atom stereocenters. The Balaban J connectivity index is 1.74. The zero-order valence-corrected chi connectivity index (χ0v) is 14.7. The number of rotatable bonds is 7. The van der Waals surface area contributed by atoms with Crippen LogP contribution in [0, 0.1) is 5.92 Å². The maximum absolute atomic E-state index is 9.05. The first-order valence-electron chi connectivity index (χ1n) is 9.29. The van der Waals surface area contributed by atoms with E-state index < -0.39 is 0 Å². The first kappa shape index (κ1) is 17.4. The molecule has 1 saturated heterocycles. The Morgan fingerprint density at radius 2 is 2.08 bits per heavy atom. The van der Waals surface area contributed by atoms with Gasteiger partial charge in [0.2, 0.25) is 5.95 Å². The third kappa shape index (κ3) is 4.57. The predicted octanol–water partition coefficient (Wildman–Crippen LogP) is 2.40. The summed E-state index contributed by atoms with van der Waals surface area (Å²) < 4.78 is 5.52. The van der Waals surface area contributed by atoms with Crippen LogP contribution in [0.5, 0.6) is 0 Å². The molecule has 1 aliphatic heterocycles. The Bertz CT molecular complexity index is 514. The van der Waals surface area contributed by atoms with Gasteiger partial charge in [-0.1, -0.05) is 19.3 Å². The highest BCUT2D eigenvalue weighted by Crippen LogP contribution is 2.29. The first-order chi connectivity index (χ1) is 11.8. The highest BCUT2D eigenvalue weighted by molar-refractivity contribution is 5.45. The van der Waals surface area contributed by atoms with E-state index in [1.165, 1.54) is 32.1 Å². The van der Waals surface area contributed by atoms with Crippen molar-refractivity contribution in [3.63, 3.8) is 0 Å². The highest BCUT2D eigenvalue weighted by atomic mass is 16.5. The Morgan fingerprint density at radius 3 is 2.79 bits per heavy atom. The van der Waals surface area contributed by atoms with Crippen LogP contribution in [-0.2, 0) is 4.74 Å². The third-order valence-electron chi connectivity index (χ3n) is 5.12. The summed E-state index contributed by atoms with van der Waals surface area (Å²) >= 11 is 0. The van der Waals surface area contributed by atoms with Gasteiger partial charge in [-0.25, -0.2) is 4.98 Å². The van der Waals surface area contributed by atoms with Gasteiger partial charge in [0.25, 0.3) is 0 Å². The normalized spacial score (nSPS) is 21.8. The minimum Gasteiger partial charge on any atom is -0.395 e. The first-order valence-corrected chi connectivity index (χ1v) is 9.29. The molecule has 1 aliphatic carbocycles. The topological polar surface area (TPSA) is 70.5 Å². The molecule has 1 atom stereocenters. The van der Waals surface area contributed by atoms with Crippen LogP contribution >= 0.6 is 0 Å². The Labute approximate surface area is 144 Å². The highest BCUT2D eigenvalue weighted by Gasteiger charge is 2.22. The average molecular weight is 334 g/mol. The molecule has 0 spiro atoms. The molecule has 0 bridgehead atoms. The molecule has 0 amide bonds. The molecule has 2 aliphatic rings. The Morgan fingerprint density at radius 1 is 1.25 bits per heavy atom. The predicted molar refractivity (Wildman–Crippen MR) is 95.6 cm³/mol. The van der Waals surface area contributed by atoms with Gasteiger partial charge in [-0.2, -0.15) is 4.98 Å². The lowest BCUT2D eigenvalue weighted by molar-refractivity contribution is 0.193. The molecule has 24 heavy (non-hydrogen) atoms. The van der Waals surface area contributed by atoms with Gasteiger partial charge in [0, 0.05) is 38.7 Å². The largest absolute Gasteiger partial charge is 0.395 e. The van der Waals surface area contributed by atoms with E-state index in [0.29, 0.717) is 18.4 Å². The summed E-state index contributed by atoms with van der Waals surface area (Å²) in [6.07, 6.45) is 7.77. The number of hydrogen-bond donors (Lipinski definition) is 2. The van der Waals surface area contributed by atoms with Gasteiger partial charge in [0.1, 0.15) is 5.82 Å². The molecule has 0 aromatic carbocycles. The van der Waals surface area contributed by atoms with Crippen molar-refractivity contribution in [1.82, 2.24) is 9.97 Å². The number of hydrogen-bond acceptors (Lipinski definition) is 6. The standard InChI is InChI=1S/C18H30N4O2/c1-22(12-14-5-3-2-4-6-14)17-11-16(15-7-10-24-13-15)20-18(21-17)19-8-9-23/h11,14-15,23H,2-10,12-13H2,1H3,(H,19,20,21)/t15-/m0/s1. The fourth-order valence-corrected chi connectivity index (χ4v) is 3.72. The number of nitrogens with one attached hydrogen (secondary N) is 1. The van der Waals surface area contributed by atoms with Gasteiger partial charge < -0.3 is 20.1 Å². The molecule has 2 heterocycles. The second kappa shape index (κ2) is 8.62. The molecule has 6 nitrogen and oxygen atoms in total. The molecule has 2 fully saturated rings. The second-order valence-electron chi connectivity index (χ2n) is 7.07. The lowest BCUT2D eigenvalue weighted by Crippen LogP contribution is -2.28. The average Bonchev–Trinajstić information content (AvgIpc) is 3.15. The summed E-state index contributed by atoms with van der Waals surface area (Å²) in [6.45, 7) is 3.14. The third-order valence-corrected chi connectivity index (χ3v) is 5.12. The van der Waals surface area contributed by atoms with Crippen LogP contribution in [0.1, 0.15) is 50.1 Å². The number of anilines is 2. The Hall–Kier alpha value is -1.40. The van der Waals surface area contributed by atoms with E-state index in [4.69, 9.17) is 9.84 Å². The summed E-state index contributed by atoms with van der Waals surface area (Å²) in [5, 5.41) is 12.2.